The average molecular weight is 492 g/mol. The first-order chi connectivity index (χ1) is 17.2. The molecule has 3 aliphatic rings. The van der Waals surface area contributed by atoms with E-state index in [1.165, 1.54) is 40.1 Å². The number of rotatable bonds is 5. The third kappa shape index (κ3) is 4.23. The molecule has 0 spiro atoms. The van der Waals surface area contributed by atoms with Gasteiger partial charge in [0.25, 0.3) is 5.69 Å². The van der Waals surface area contributed by atoms with Crippen LogP contribution in [0.15, 0.2) is 48.5 Å². The fraction of sp³-hybridized carbons (Fsp3) is 0.385. The molecule has 0 bridgehead atoms. The van der Waals surface area contributed by atoms with Crippen molar-refractivity contribution >= 4 is 40.8 Å². The van der Waals surface area contributed by atoms with Crippen molar-refractivity contribution in [2.75, 3.05) is 16.3 Å². The topological polar surface area (TPSA) is 127 Å². The minimum Gasteiger partial charge on any atom is -0.426 e. The predicted molar refractivity (Wildman–Crippen MR) is 128 cm³/mol. The van der Waals surface area contributed by atoms with Crippen molar-refractivity contribution in [1.29, 1.82) is 0 Å². The van der Waals surface area contributed by atoms with E-state index >= 15 is 0 Å². The SMILES string of the molecule is C[C@@H]1CC[C@@H]2C(=O)N(c3cccc(OC(=O)[C@H]4CC(=O)N(c5ccc([N+](=O)[O-])cc5)C4)c3)C(=O)[C@H]2C1. The second kappa shape index (κ2) is 9.18. The summed E-state index contributed by atoms with van der Waals surface area (Å²) in [6.45, 7) is 2.17. The molecule has 0 aromatic heterocycles. The Balaban J connectivity index is 1.27. The molecule has 3 amide bonds. The van der Waals surface area contributed by atoms with Gasteiger partial charge < -0.3 is 9.64 Å². The first-order valence-electron chi connectivity index (χ1n) is 12.0. The smallest absolute Gasteiger partial charge is 0.316 e. The number of ether oxygens (including phenoxy) is 1. The summed E-state index contributed by atoms with van der Waals surface area (Å²) in [5, 5.41) is 10.9. The zero-order chi connectivity index (χ0) is 25.6. The number of imide groups is 1. The number of carbonyl (C=O) groups is 4. The summed E-state index contributed by atoms with van der Waals surface area (Å²) in [7, 11) is 0. The van der Waals surface area contributed by atoms with Crippen LogP contribution in [0.1, 0.15) is 32.6 Å². The largest absolute Gasteiger partial charge is 0.426 e. The van der Waals surface area contributed by atoms with Gasteiger partial charge in [0.2, 0.25) is 17.7 Å². The van der Waals surface area contributed by atoms with Crippen molar-refractivity contribution in [2.24, 2.45) is 23.7 Å². The Hall–Kier alpha value is -4.08. The normalized spacial score (nSPS) is 25.8. The molecule has 2 heterocycles. The number of nitro groups is 1. The van der Waals surface area contributed by atoms with Crippen molar-refractivity contribution in [1.82, 2.24) is 0 Å². The number of benzene rings is 2. The summed E-state index contributed by atoms with van der Waals surface area (Å²) in [5.74, 6) is -2.05. The van der Waals surface area contributed by atoms with Crippen molar-refractivity contribution in [3.8, 4) is 5.75 Å². The predicted octanol–water partition coefficient (Wildman–Crippen LogP) is 3.48. The maximum Gasteiger partial charge on any atom is 0.316 e. The van der Waals surface area contributed by atoms with Crippen LogP contribution in [0.5, 0.6) is 5.75 Å². The lowest BCUT2D eigenvalue weighted by Gasteiger charge is -2.25. The molecule has 0 N–H and O–H groups in total. The van der Waals surface area contributed by atoms with E-state index in [-0.39, 0.29) is 54.0 Å². The van der Waals surface area contributed by atoms with Gasteiger partial charge >= 0.3 is 5.97 Å². The van der Waals surface area contributed by atoms with E-state index in [9.17, 15) is 29.3 Å². The molecule has 2 saturated heterocycles. The van der Waals surface area contributed by atoms with Crippen LogP contribution in [0.25, 0.3) is 0 Å². The highest BCUT2D eigenvalue weighted by Gasteiger charge is 2.50. The second-order valence-electron chi connectivity index (χ2n) is 9.74. The number of anilines is 2. The van der Waals surface area contributed by atoms with Crippen LogP contribution in [-0.2, 0) is 19.2 Å². The van der Waals surface area contributed by atoms with Gasteiger partial charge in [-0.2, -0.15) is 0 Å². The number of hydrogen-bond donors (Lipinski definition) is 0. The summed E-state index contributed by atoms with van der Waals surface area (Å²) in [4.78, 5) is 64.3. The molecule has 2 aliphatic heterocycles. The molecule has 2 aromatic rings. The maximum atomic E-state index is 13.0. The minimum absolute atomic E-state index is 0.0554. The first kappa shape index (κ1) is 23.7. The van der Waals surface area contributed by atoms with Crippen LogP contribution in [0, 0.1) is 33.8 Å². The zero-order valence-corrected chi connectivity index (χ0v) is 19.7. The van der Waals surface area contributed by atoms with Crippen LogP contribution in [0.2, 0.25) is 0 Å². The van der Waals surface area contributed by atoms with Gasteiger partial charge in [-0.05, 0) is 49.4 Å². The third-order valence-electron chi connectivity index (χ3n) is 7.31. The molecule has 10 heteroatoms. The standard InChI is InChI=1S/C26H25N3O7/c1-15-5-10-21-22(11-15)25(32)28(24(21)31)19-3-2-4-20(13-19)36-26(33)16-12-23(30)27(14-16)17-6-8-18(9-7-17)29(34)35/h2-4,6-9,13,15-16,21-22H,5,10-12,14H2,1H3/t15-,16+,21+,22+/m1/s1. The van der Waals surface area contributed by atoms with Crippen LogP contribution in [0.4, 0.5) is 17.1 Å². The molecule has 5 rings (SSSR count). The van der Waals surface area contributed by atoms with E-state index in [0.717, 1.165) is 6.42 Å². The zero-order valence-electron chi connectivity index (χ0n) is 19.7. The van der Waals surface area contributed by atoms with Gasteiger partial charge in [0.15, 0.2) is 0 Å². The summed E-state index contributed by atoms with van der Waals surface area (Å²) in [5.41, 5.74) is 0.738. The molecule has 0 unspecified atom stereocenters. The molecular formula is C26H25N3O7. The fourth-order valence-corrected chi connectivity index (χ4v) is 5.40. The van der Waals surface area contributed by atoms with Gasteiger partial charge in [-0.25, -0.2) is 4.90 Å². The summed E-state index contributed by atoms with van der Waals surface area (Å²) >= 11 is 0. The lowest BCUT2D eigenvalue weighted by Crippen LogP contribution is -2.31. The molecule has 0 radical (unpaired) electrons. The van der Waals surface area contributed by atoms with Crippen LogP contribution >= 0.6 is 0 Å². The number of nitrogens with zero attached hydrogens (tertiary/aromatic N) is 3. The van der Waals surface area contributed by atoms with E-state index < -0.39 is 16.8 Å². The summed E-state index contributed by atoms with van der Waals surface area (Å²) < 4.78 is 5.53. The first-order valence-corrected chi connectivity index (χ1v) is 12.0. The molecule has 3 fully saturated rings. The van der Waals surface area contributed by atoms with Crippen LogP contribution in [0.3, 0.4) is 0 Å². The number of hydrogen-bond acceptors (Lipinski definition) is 7. The van der Waals surface area contributed by atoms with Gasteiger partial charge in [-0.1, -0.05) is 13.0 Å². The van der Waals surface area contributed by atoms with Gasteiger partial charge in [0, 0.05) is 36.9 Å². The Morgan fingerprint density at radius 1 is 1.00 bits per heavy atom. The Morgan fingerprint density at radius 2 is 1.72 bits per heavy atom. The highest BCUT2D eigenvalue weighted by atomic mass is 16.6. The average Bonchev–Trinajstić information content (AvgIpc) is 3.36. The van der Waals surface area contributed by atoms with Gasteiger partial charge in [0.05, 0.1) is 28.4 Å². The molecule has 186 valence electrons. The second-order valence-corrected chi connectivity index (χ2v) is 9.74. The lowest BCUT2D eigenvalue weighted by atomic mass is 9.76. The van der Waals surface area contributed by atoms with Crippen molar-refractivity contribution in [2.45, 2.75) is 32.6 Å². The van der Waals surface area contributed by atoms with Crippen LogP contribution in [-0.4, -0.2) is 35.2 Å². The van der Waals surface area contributed by atoms with E-state index in [0.29, 0.717) is 30.1 Å². The quantitative estimate of drug-likeness (QED) is 0.206. The highest BCUT2D eigenvalue weighted by Crippen LogP contribution is 2.42. The Labute approximate surface area is 207 Å². The molecular weight excluding hydrogens is 466 g/mol. The molecule has 1 saturated carbocycles. The van der Waals surface area contributed by atoms with Gasteiger partial charge in [-0.15, -0.1) is 0 Å². The third-order valence-corrected chi connectivity index (χ3v) is 7.31. The van der Waals surface area contributed by atoms with Crippen LogP contribution < -0.4 is 14.5 Å². The van der Waals surface area contributed by atoms with E-state index in [1.807, 2.05) is 0 Å². The van der Waals surface area contributed by atoms with Crippen molar-refractivity contribution in [3.05, 3.63) is 58.6 Å². The highest BCUT2D eigenvalue weighted by molar-refractivity contribution is 6.22. The molecule has 36 heavy (non-hydrogen) atoms. The minimum atomic E-state index is -0.726. The molecule has 2 aromatic carbocycles. The van der Waals surface area contributed by atoms with E-state index in [4.69, 9.17) is 4.74 Å². The lowest BCUT2D eigenvalue weighted by molar-refractivity contribution is -0.384. The number of amides is 3. The van der Waals surface area contributed by atoms with Gasteiger partial charge in [-0.3, -0.25) is 29.3 Å². The Morgan fingerprint density at radius 3 is 2.44 bits per heavy atom. The van der Waals surface area contributed by atoms with Crippen molar-refractivity contribution in [3.63, 3.8) is 0 Å². The number of esters is 1. The Kier molecular flexibility index (Phi) is 6.03. The summed E-state index contributed by atoms with van der Waals surface area (Å²) in [6.07, 6.45) is 2.26. The Bertz CT molecular complexity index is 1260. The molecule has 4 atom stereocenters. The molecule has 1 aliphatic carbocycles. The monoisotopic (exact) mass is 491 g/mol. The van der Waals surface area contributed by atoms with Gasteiger partial charge in [0.1, 0.15) is 5.75 Å². The van der Waals surface area contributed by atoms with E-state index in [2.05, 4.69) is 6.92 Å². The number of nitro benzene ring substituents is 1. The summed E-state index contributed by atoms with van der Waals surface area (Å²) in [6, 6.07) is 11.9. The van der Waals surface area contributed by atoms with Crippen molar-refractivity contribution < 1.29 is 28.8 Å². The van der Waals surface area contributed by atoms with E-state index in [1.54, 1.807) is 18.2 Å². The fourth-order valence-electron chi connectivity index (χ4n) is 5.40. The molecule has 10 nitrogen and oxygen atoms in total. The maximum absolute atomic E-state index is 13.0. The number of fused-ring (bicyclic) bond motifs is 1. The number of non-ortho nitro benzene ring substituents is 1. The number of carbonyl (C=O) groups excluding carboxylic acids is 4.